The van der Waals surface area contributed by atoms with Gasteiger partial charge in [-0.05, 0) is 63.9 Å². The minimum atomic E-state index is 0.576. The molecule has 0 radical (unpaired) electrons. The van der Waals surface area contributed by atoms with Crippen LogP contribution in [-0.4, -0.2) is 19.5 Å². The van der Waals surface area contributed by atoms with Crippen LogP contribution in [0.3, 0.4) is 0 Å². The van der Waals surface area contributed by atoms with Gasteiger partial charge in [0.2, 0.25) is 0 Å². The molecule has 66 heavy (non-hydrogen) atoms. The van der Waals surface area contributed by atoms with Crippen molar-refractivity contribution < 1.29 is 4.42 Å². The molecule has 0 bridgehead atoms. The summed E-state index contributed by atoms with van der Waals surface area (Å²) in [5.74, 6) is 1.80. The van der Waals surface area contributed by atoms with Crippen molar-refractivity contribution in [3.63, 3.8) is 0 Å². The summed E-state index contributed by atoms with van der Waals surface area (Å²) in [5, 5.41) is 6.81. The number of fused-ring (bicyclic) bond motifs is 7. The third-order valence-electron chi connectivity index (χ3n) is 12.8. The fourth-order valence-corrected chi connectivity index (χ4v) is 9.88. The van der Waals surface area contributed by atoms with E-state index in [-0.39, 0.29) is 0 Å². The normalized spacial score (nSPS) is 11.6. The number of nitrogens with zero attached hydrogens (tertiary/aromatic N) is 4. The molecule has 13 aromatic rings. The van der Waals surface area contributed by atoms with Crippen LogP contribution in [0, 0.1) is 0 Å². The highest BCUT2D eigenvalue weighted by Gasteiger charge is 2.25. The Morgan fingerprint density at radius 3 is 1.35 bits per heavy atom. The molecule has 3 aromatic heterocycles. The van der Waals surface area contributed by atoms with Crippen molar-refractivity contribution in [2.45, 2.75) is 0 Å². The van der Waals surface area contributed by atoms with Crippen molar-refractivity contribution in [2.24, 2.45) is 0 Å². The Hall–Kier alpha value is -8.93. The van der Waals surface area contributed by atoms with E-state index in [9.17, 15) is 0 Å². The molecule has 0 saturated carbocycles. The van der Waals surface area contributed by atoms with Gasteiger partial charge < -0.3 is 8.98 Å². The second-order valence-electron chi connectivity index (χ2n) is 16.7. The molecule has 0 aliphatic heterocycles. The average Bonchev–Trinajstić information content (AvgIpc) is 3.94. The molecule has 0 aliphatic carbocycles. The van der Waals surface area contributed by atoms with Gasteiger partial charge in [-0.3, -0.25) is 0 Å². The van der Waals surface area contributed by atoms with Crippen LogP contribution < -0.4 is 0 Å². The van der Waals surface area contributed by atoms with Crippen molar-refractivity contribution in [3.8, 4) is 73.2 Å². The second kappa shape index (κ2) is 15.4. The SMILES string of the molecule is c1ccc(-c2nc(-c3ccccc3)nc(-c3ccc4c(c3)oc3c(-c5ccccc5)c5ccccc5c(-c5ccc(-n6c7ccccc7c7ccccc76)c(-c6ccccc6)c5)c34)n2)cc1. The van der Waals surface area contributed by atoms with E-state index >= 15 is 0 Å². The maximum absolute atomic E-state index is 7.22. The third kappa shape index (κ3) is 6.13. The molecule has 0 amide bonds. The van der Waals surface area contributed by atoms with E-state index in [0.717, 1.165) is 88.5 Å². The number of benzene rings is 10. The predicted octanol–water partition coefficient (Wildman–Crippen LogP) is 16.0. The zero-order valence-electron chi connectivity index (χ0n) is 35.6. The lowest BCUT2D eigenvalue weighted by Gasteiger charge is -2.18. The van der Waals surface area contributed by atoms with Crippen LogP contribution in [0.25, 0.3) is 128 Å². The molecule has 0 N–H and O–H groups in total. The first-order chi connectivity index (χ1) is 32.7. The highest BCUT2D eigenvalue weighted by Crippen LogP contribution is 2.49. The quantitative estimate of drug-likeness (QED) is 0.160. The van der Waals surface area contributed by atoms with Gasteiger partial charge in [0, 0.05) is 54.9 Å². The number of rotatable bonds is 7. The third-order valence-corrected chi connectivity index (χ3v) is 12.8. The Kier molecular flexibility index (Phi) is 8.78. The van der Waals surface area contributed by atoms with E-state index in [4.69, 9.17) is 19.4 Å². The number of hydrogen-bond acceptors (Lipinski definition) is 4. The molecular weight excluding hydrogens is 805 g/mol. The van der Waals surface area contributed by atoms with E-state index in [1.165, 1.54) is 21.8 Å². The summed E-state index contributed by atoms with van der Waals surface area (Å²) in [6.45, 7) is 0. The lowest BCUT2D eigenvalue weighted by Crippen LogP contribution is -2.00. The van der Waals surface area contributed by atoms with Crippen LogP contribution in [0.2, 0.25) is 0 Å². The molecule has 0 unspecified atom stereocenters. The largest absolute Gasteiger partial charge is 0.455 e. The van der Waals surface area contributed by atoms with Gasteiger partial charge >= 0.3 is 0 Å². The average molecular weight is 843 g/mol. The minimum Gasteiger partial charge on any atom is -0.455 e. The molecule has 0 aliphatic rings. The van der Waals surface area contributed by atoms with Crippen molar-refractivity contribution in [1.82, 2.24) is 19.5 Å². The fourth-order valence-electron chi connectivity index (χ4n) is 9.88. The fraction of sp³-hybridized carbons (Fsp3) is 0. The van der Waals surface area contributed by atoms with Gasteiger partial charge in [0.25, 0.3) is 0 Å². The molecule has 13 rings (SSSR count). The predicted molar refractivity (Wildman–Crippen MR) is 272 cm³/mol. The summed E-state index contributed by atoms with van der Waals surface area (Å²) in [7, 11) is 0. The Morgan fingerprint density at radius 1 is 0.318 bits per heavy atom. The van der Waals surface area contributed by atoms with Gasteiger partial charge in [0.05, 0.1) is 16.7 Å². The van der Waals surface area contributed by atoms with E-state index in [2.05, 4.69) is 174 Å². The van der Waals surface area contributed by atoms with Crippen molar-refractivity contribution >= 4 is 54.5 Å². The highest BCUT2D eigenvalue weighted by atomic mass is 16.3. The van der Waals surface area contributed by atoms with Gasteiger partial charge in [-0.15, -0.1) is 0 Å². The molecule has 308 valence electrons. The van der Waals surface area contributed by atoms with Gasteiger partial charge in [0.1, 0.15) is 11.2 Å². The second-order valence-corrected chi connectivity index (χ2v) is 16.7. The number of para-hydroxylation sites is 2. The summed E-state index contributed by atoms with van der Waals surface area (Å²) in [6, 6.07) is 81.1. The standard InChI is InChI=1S/C61H38N4O/c1-5-19-39(20-6-1)50-37-43(34-36-53(50)65-51-31-17-15-27-45(51)46-28-16-18-32-52(46)65)55-47-29-13-14-30-48(47)56(40-21-7-2-8-22-40)58-57(55)49-35-33-44(38-54(49)66-58)61-63-59(41-23-9-3-10-24-41)62-60(64-61)42-25-11-4-12-26-42/h1-38H. The molecular formula is C61H38N4O. The van der Waals surface area contributed by atoms with Crippen molar-refractivity contribution in [1.29, 1.82) is 0 Å². The molecule has 0 fully saturated rings. The zero-order chi connectivity index (χ0) is 43.6. The maximum Gasteiger partial charge on any atom is 0.164 e. The first-order valence-electron chi connectivity index (χ1n) is 22.3. The Bertz CT molecular complexity index is 3860. The van der Waals surface area contributed by atoms with Crippen molar-refractivity contribution in [2.75, 3.05) is 0 Å². The molecule has 0 atom stereocenters. The Labute approximate surface area is 380 Å². The lowest BCUT2D eigenvalue weighted by molar-refractivity contribution is 0.670. The van der Waals surface area contributed by atoms with E-state index in [1.807, 2.05) is 60.7 Å². The van der Waals surface area contributed by atoms with E-state index < -0.39 is 0 Å². The molecule has 10 aromatic carbocycles. The van der Waals surface area contributed by atoms with Gasteiger partial charge in [-0.1, -0.05) is 194 Å². The maximum atomic E-state index is 7.22. The molecule has 0 saturated heterocycles. The van der Waals surface area contributed by atoms with Crippen LogP contribution in [0.15, 0.2) is 235 Å². The molecule has 5 heteroatoms. The van der Waals surface area contributed by atoms with Crippen LogP contribution in [0.1, 0.15) is 0 Å². The van der Waals surface area contributed by atoms with Crippen molar-refractivity contribution in [3.05, 3.63) is 231 Å². The van der Waals surface area contributed by atoms with Crippen LogP contribution in [-0.2, 0) is 0 Å². The van der Waals surface area contributed by atoms with Gasteiger partial charge in [-0.2, -0.15) is 0 Å². The number of furan rings is 1. The highest BCUT2D eigenvalue weighted by molar-refractivity contribution is 6.27. The van der Waals surface area contributed by atoms with Gasteiger partial charge in [0.15, 0.2) is 17.5 Å². The summed E-state index contributed by atoms with van der Waals surface area (Å²) in [6.07, 6.45) is 0. The summed E-state index contributed by atoms with van der Waals surface area (Å²) >= 11 is 0. The summed E-state index contributed by atoms with van der Waals surface area (Å²) in [5.41, 5.74) is 14.4. The topological polar surface area (TPSA) is 56.7 Å². The van der Waals surface area contributed by atoms with E-state index in [0.29, 0.717) is 17.5 Å². The Balaban J connectivity index is 1.09. The first-order valence-corrected chi connectivity index (χ1v) is 22.3. The molecule has 5 nitrogen and oxygen atoms in total. The summed E-state index contributed by atoms with van der Waals surface area (Å²) < 4.78 is 9.64. The summed E-state index contributed by atoms with van der Waals surface area (Å²) in [4.78, 5) is 15.1. The van der Waals surface area contributed by atoms with Gasteiger partial charge in [-0.25, -0.2) is 15.0 Å². The zero-order valence-corrected chi connectivity index (χ0v) is 35.6. The minimum absolute atomic E-state index is 0.576. The molecule has 3 heterocycles. The first kappa shape index (κ1) is 37.6. The van der Waals surface area contributed by atoms with Crippen LogP contribution >= 0.6 is 0 Å². The van der Waals surface area contributed by atoms with Crippen LogP contribution in [0.5, 0.6) is 0 Å². The van der Waals surface area contributed by atoms with Crippen LogP contribution in [0.4, 0.5) is 0 Å². The smallest absolute Gasteiger partial charge is 0.164 e. The number of aromatic nitrogens is 4. The monoisotopic (exact) mass is 842 g/mol. The lowest BCUT2D eigenvalue weighted by atomic mass is 9.87. The molecule has 0 spiro atoms. The Morgan fingerprint density at radius 2 is 0.773 bits per heavy atom. The number of hydrogen-bond donors (Lipinski definition) is 0. The van der Waals surface area contributed by atoms with E-state index in [1.54, 1.807) is 0 Å².